The Morgan fingerprint density at radius 1 is 1.09 bits per heavy atom. The van der Waals surface area contributed by atoms with Crippen molar-refractivity contribution in [1.29, 1.82) is 0 Å². The summed E-state index contributed by atoms with van der Waals surface area (Å²) >= 11 is 5.90. The van der Waals surface area contributed by atoms with Crippen LogP contribution in [0.5, 0.6) is 0 Å². The summed E-state index contributed by atoms with van der Waals surface area (Å²) in [6.45, 7) is 3.34. The molecule has 1 aromatic heterocycles. The van der Waals surface area contributed by atoms with E-state index >= 15 is 0 Å². The van der Waals surface area contributed by atoms with Gasteiger partial charge in [0.15, 0.2) is 0 Å². The number of halogens is 1. The number of aromatic nitrogens is 1. The lowest BCUT2D eigenvalue weighted by atomic mass is 10.1. The molecule has 1 amide bonds. The first-order valence-corrected chi connectivity index (χ1v) is 12.3. The smallest absolute Gasteiger partial charge is 0.261 e. The molecule has 10 heteroatoms. The van der Waals surface area contributed by atoms with Crippen molar-refractivity contribution in [2.75, 3.05) is 35.8 Å². The predicted octanol–water partition coefficient (Wildman–Crippen LogP) is 2.88. The number of anilines is 2. The molecular weight excluding hydrogens is 462 g/mol. The van der Waals surface area contributed by atoms with Crippen LogP contribution in [-0.2, 0) is 16.6 Å². The maximum absolute atomic E-state index is 13.0. The van der Waals surface area contributed by atoms with Crippen LogP contribution in [0.1, 0.15) is 15.9 Å². The van der Waals surface area contributed by atoms with E-state index in [4.69, 9.17) is 11.6 Å². The van der Waals surface area contributed by atoms with Crippen LogP contribution in [0.2, 0.25) is 5.02 Å². The number of hydrogen-bond donors (Lipinski definition) is 3. The van der Waals surface area contributed by atoms with E-state index in [0.29, 0.717) is 22.8 Å². The van der Waals surface area contributed by atoms with Gasteiger partial charge in [0.1, 0.15) is 0 Å². The zero-order valence-electron chi connectivity index (χ0n) is 17.8. The van der Waals surface area contributed by atoms with E-state index in [2.05, 4.69) is 25.2 Å². The van der Waals surface area contributed by atoms with Crippen LogP contribution in [-0.4, -0.2) is 45.5 Å². The second kappa shape index (κ2) is 10.2. The molecule has 1 aliphatic rings. The molecule has 0 spiro atoms. The number of amides is 1. The predicted molar refractivity (Wildman–Crippen MR) is 129 cm³/mol. The summed E-state index contributed by atoms with van der Waals surface area (Å²) in [6.07, 6.45) is 3.35. The third kappa shape index (κ3) is 5.81. The molecule has 0 saturated carbocycles. The van der Waals surface area contributed by atoms with Gasteiger partial charge < -0.3 is 15.5 Å². The van der Waals surface area contributed by atoms with Crippen LogP contribution in [0.4, 0.5) is 11.4 Å². The largest absolute Gasteiger partial charge is 0.367 e. The number of carbonyl (C=O) groups is 1. The van der Waals surface area contributed by atoms with Crippen LogP contribution in [0, 0.1) is 0 Å². The quantitative estimate of drug-likeness (QED) is 0.475. The summed E-state index contributed by atoms with van der Waals surface area (Å²) < 4.78 is 28.8. The van der Waals surface area contributed by atoms with Gasteiger partial charge in [-0.15, -0.1) is 0 Å². The van der Waals surface area contributed by atoms with Gasteiger partial charge in [-0.05, 0) is 54.1 Å². The van der Waals surface area contributed by atoms with Gasteiger partial charge in [-0.2, -0.15) is 0 Å². The van der Waals surface area contributed by atoms with E-state index in [1.165, 1.54) is 24.3 Å². The molecule has 3 N–H and O–H groups in total. The number of hydrogen-bond acceptors (Lipinski definition) is 6. The number of nitrogens with zero attached hydrogens (tertiary/aromatic N) is 2. The fourth-order valence-corrected chi connectivity index (χ4v) is 4.74. The van der Waals surface area contributed by atoms with Gasteiger partial charge in [-0.25, -0.2) is 8.42 Å². The molecule has 1 fully saturated rings. The molecule has 3 aromatic rings. The Labute approximate surface area is 198 Å². The Kier molecular flexibility index (Phi) is 7.12. The van der Waals surface area contributed by atoms with Crippen molar-refractivity contribution >= 4 is 38.9 Å². The topological polar surface area (TPSA) is 103 Å². The van der Waals surface area contributed by atoms with E-state index in [1.54, 1.807) is 36.7 Å². The second-order valence-electron chi connectivity index (χ2n) is 7.57. The Bertz CT molecular complexity index is 1210. The van der Waals surface area contributed by atoms with Crippen LogP contribution in [0.25, 0.3) is 0 Å². The monoisotopic (exact) mass is 485 g/mol. The Balaban J connectivity index is 1.61. The first kappa shape index (κ1) is 23.0. The van der Waals surface area contributed by atoms with Gasteiger partial charge in [-0.1, -0.05) is 17.7 Å². The molecule has 0 aliphatic carbocycles. The highest BCUT2D eigenvalue weighted by atomic mass is 35.5. The highest BCUT2D eigenvalue weighted by Gasteiger charge is 2.21. The van der Waals surface area contributed by atoms with E-state index in [-0.39, 0.29) is 10.8 Å². The van der Waals surface area contributed by atoms with Gasteiger partial charge in [0.05, 0.1) is 16.3 Å². The first-order chi connectivity index (χ1) is 15.9. The lowest BCUT2D eigenvalue weighted by Crippen LogP contribution is -2.43. The van der Waals surface area contributed by atoms with Crippen LogP contribution >= 0.6 is 11.6 Å². The lowest BCUT2D eigenvalue weighted by Gasteiger charge is -2.31. The van der Waals surface area contributed by atoms with E-state index in [0.717, 1.165) is 37.4 Å². The van der Waals surface area contributed by atoms with Crippen molar-refractivity contribution < 1.29 is 13.2 Å². The number of piperazine rings is 1. The van der Waals surface area contributed by atoms with E-state index in [1.807, 2.05) is 6.07 Å². The summed E-state index contributed by atoms with van der Waals surface area (Å²) in [4.78, 5) is 19.0. The molecule has 2 aromatic carbocycles. The molecule has 1 saturated heterocycles. The highest BCUT2D eigenvalue weighted by molar-refractivity contribution is 7.92. The maximum atomic E-state index is 13.0. The van der Waals surface area contributed by atoms with Gasteiger partial charge in [0.25, 0.3) is 15.9 Å². The molecule has 2 heterocycles. The maximum Gasteiger partial charge on any atom is 0.261 e. The van der Waals surface area contributed by atoms with Gasteiger partial charge in [-0.3, -0.25) is 14.5 Å². The summed E-state index contributed by atoms with van der Waals surface area (Å²) in [7, 11) is -3.88. The van der Waals surface area contributed by atoms with Crippen LogP contribution in [0.15, 0.2) is 71.9 Å². The van der Waals surface area contributed by atoms with Crippen molar-refractivity contribution in [2.45, 2.75) is 11.4 Å². The van der Waals surface area contributed by atoms with Crippen molar-refractivity contribution in [3.8, 4) is 0 Å². The number of benzene rings is 2. The molecular formula is C23H24ClN5O3S. The van der Waals surface area contributed by atoms with Crippen molar-refractivity contribution in [2.24, 2.45) is 0 Å². The Hall–Kier alpha value is -3.14. The zero-order valence-corrected chi connectivity index (χ0v) is 19.4. The van der Waals surface area contributed by atoms with Gasteiger partial charge >= 0.3 is 0 Å². The minimum atomic E-state index is -3.88. The molecule has 33 heavy (non-hydrogen) atoms. The molecule has 4 rings (SSSR count). The standard InChI is InChI=1S/C23H24ClN5O3S/c24-19-4-6-20(7-5-19)33(31,32)28-21-14-18(3-8-22(21)29-12-10-25-11-13-29)23(30)27-16-17-2-1-9-26-15-17/h1-9,14-15,25,28H,10-13,16H2,(H,27,30). The third-order valence-electron chi connectivity index (χ3n) is 5.26. The van der Waals surface area contributed by atoms with Crippen LogP contribution < -0.4 is 20.3 Å². The fourth-order valence-electron chi connectivity index (χ4n) is 3.55. The Morgan fingerprint density at radius 3 is 2.55 bits per heavy atom. The molecule has 0 bridgehead atoms. The average molecular weight is 486 g/mol. The van der Waals surface area contributed by atoms with E-state index < -0.39 is 10.0 Å². The molecule has 1 aliphatic heterocycles. The molecule has 0 atom stereocenters. The fraction of sp³-hybridized carbons (Fsp3) is 0.217. The third-order valence-corrected chi connectivity index (χ3v) is 6.89. The van der Waals surface area contributed by atoms with Gasteiger partial charge in [0, 0.05) is 55.7 Å². The molecule has 8 nitrogen and oxygen atoms in total. The lowest BCUT2D eigenvalue weighted by molar-refractivity contribution is 0.0951. The molecule has 0 radical (unpaired) electrons. The number of pyridine rings is 1. The number of rotatable bonds is 7. The average Bonchev–Trinajstić information content (AvgIpc) is 2.84. The van der Waals surface area contributed by atoms with E-state index in [9.17, 15) is 13.2 Å². The minimum absolute atomic E-state index is 0.0876. The van der Waals surface area contributed by atoms with Crippen molar-refractivity contribution in [1.82, 2.24) is 15.6 Å². The summed E-state index contributed by atoms with van der Waals surface area (Å²) in [5.74, 6) is -0.308. The van der Waals surface area contributed by atoms with Crippen molar-refractivity contribution in [3.05, 3.63) is 83.1 Å². The summed E-state index contributed by atoms with van der Waals surface area (Å²) in [6, 6.07) is 14.7. The second-order valence-corrected chi connectivity index (χ2v) is 9.69. The summed E-state index contributed by atoms with van der Waals surface area (Å²) in [5, 5.41) is 6.58. The van der Waals surface area contributed by atoms with Crippen molar-refractivity contribution in [3.63, 3.8) is 0 Å². The van der Waals surface area contributed by atoms with Crippen LogP contribution in [0.3, 0.4) is 0 Å². The first-order valence-electron chi connectivity index (χ1n) is 10.5. The SMILES string of the molecule is O=C(NCc1cccnc1)c1ccc(N2CCNCC2)c(NS(=O)(=O)c2ccc(Cl)cc2)c1. The van der Waals surface area contributed by atoms with Gasteiger partial charge in [0.2, 0.25) is 0 Å². The minimum Gasteiger partial charge on any atom is -0.367 e. The Morgan fingerprint density at radius 2 is 1.85 bits per heavy atom. The number of sulfonamides is 1. The number of carbonyl (C=O) groups excluding carboxylic acids is 1. The molecule has 0 unspecified atom stereocenters. The number of nitrogens with one attached hydrogen (secondary N) is 3. The summed E-state index contributed by atoms with van der Waals surface area (Å²) in [5.41, 5.74) is 2.29. The molecule has 172 valence electrons. The highest BCUT2D eigenvalue weighted by Crippen LogP contribution is 2.30. The zero-order chi connectivity index (χ0) is 23.3. The normalized spacial score (nSPS) is 14.0.